The molecule has 0 radical (unpaired) electrons. The van der Waals surface area contributed by atoms with Gasteiger partial charge in [0.1, 0.15) is 5.75 Å². The summed E-state index contributed by atoms with van der Waals surface area (Å²) in [6, 6.07) is 23.0. The van der Waals surface area contributed by atoms with E-state index in [-0.39, 0.29) is 5.91 Å². The van der Waals surface area contributed by atoms with Gasteiger partial charge in [0.05, 0.1) is 7.11 Å². The van der Waals surface area contributed by atoms with Crippen LogP contribution in [-0.2, 0) is 11.2 Å². The molecule has 1 amide bonds. The lowest BCUT2D eigenvalue weighted by atomic mass is 10.1. The van der Waals surface area contributed by atoms with Gasteiger partial charge in [0.25, 0.3) is 0 Å². The molecule has 4 heteroatoms. The van der Waals surface area contributed by atoms with Gasteiger partial charge in [-0.15, -0.1) is 0 Å². The van der Waals surface area contributed by atoms with Crippen LogP contribution < -0.4 is 14.8 Å². The van der Waals surface area contributed by atoms with Gasteiger partial charge in [0.2, 0.25) is 5.91 Å². The first kappa shape index (κ1) is 18.5. The van der Waals surface area contributed by atoms with Gasteiger partial charge in [-0.05, 0) is 55.3 Å². The van der Waals surface area contributed by atoms with Crippen LogP contribution in [0.5, 0.6) is 17.2 Å². The molecule has 0 unspecified atom stereocenters. The molecule has 3 aromatic carbocycles. The van der Waals surface area contributed by atoms with Crippen LogP contribution in [0.15, 0.2) is 72.8 Å². The quantitative estimate of drug-likeness (QED) is 0.616. The number of ether oxygens (including phenoxy) is 2. The second-order valence-corrected chi connectivity index (χ2v) is 6.31. The molecule has 4 nitrogen and oxygen atoms in total. The molecule has 1 N–H and O–H groups in total. The minimum Gasteiger partial charge on any atom is -0.493 e. The van der Waals surface area contributed by atoms with E-state index < -0.39 is 0 Å². The van der Waals surface area contributed by atoms with E-state index in [1.807, 2.05) is 48.5 Å². The molecule has 3 rings (SSSR count). The summed E-state index contributed by atoms with van der Waals surface area (Å²) in [6.07, 6.45) is 1.17. The lowest BCUT2D eigenvalue weighted by Crippen LogP contribution is -2.12. The van der Waals surface area contributed by atoms with Crippen molar-refractivity contribution < 1.29 is 14.3 Å². The number of rotatable bonds is 7. The number of benzene rings is 3. The fraction of sp³-hybridized carbons (Fsp3) is 0.174. The number of amides is 1. The Morgan fingerprint density at radius 3 is 2.22 bits per heavy atom. The van der Waals surface area contributed by atoms with E-state index in [4.69, 9.17) is 9.47 Å². The zero-order valence-electron chi connectivity index (χ0n) is 15.6. The summed E-state index contributed by atoms with van der Waals surface area (Å²) in [5, 5.41) is 2.92. The fourth-order valence-electron chi connectivity index (χ4n) is 2.67. The highest BCUT2D eigenvalue weighted by Gasteiger charge is 2.06. The van der Waals surface area contributed by atoms with Gasteiger partial charge in [0, 0.05) is 12.1 Å². The Bertz CT molecular complexity index is 886. The normalized spacial score (nSPS) is 10.3. The zero-order valence-corrected chi connectivity index (χ0v) is 15.6. The van der Waals surface area contributed by atoms with Gasteiger partial charge in [-0.25, -0.2) is 0 Å². The zero-order chi connectivity index (χ0) is 19.1. The van der Waals surface area contributed by atoms with Crippen LogP contribution in [0.25, 0.3) is 0 Å². The predicted octanol–water partition coefficient (Wildman–Crippen LogP) is 5.37. The highest BCUT2D eigenvalue weighted by Crippen LogP contribution is 2.31. The Labute approximate surface area is 159 Å². The van der Waals surface area contributed by atoms with Gasteiger partial charge < -0.3 is 14.8 Å². The maximum Gasteiger partial charge on any atom is 0.224 e. The third-order valence-electron chi connectivity index (χ3n) is 4.20. The van der Waals surface area contributed by atoms with Crippen molar-refractivity contribution in [1.82, 2.24) is 0 Å². The van der Waals surface area contributed by atoms with Crippen LogP contribution in [0.2, 0.25) is 0 Å². The van der Waals surface area contributed by atoms with Crippen LogP contribution >= 0.6 is 0 Å². The first-order valence-corrected chi connectivity index (χ1v) is 8.90. The molecule has 27 heavy (non-hydrogen) atoms. The fourth-order valence-corrected chi connectivity index (χ4v) is 2.67. The van der Waals surface area contributed by atoms with Crippen molar-refractivity contribution in [2.24, 2.45) is 0 Å². The summed E-state index contributed by atoms with van der Waals surface area (Å²) < 4.78 is 11.1. The maximum absolute atomic E-state index is 12.2. The van der Waals surface area contributed by atoms with Crippen molar-refractivity contribution in [1.29, 1.82) is 0 Å². The summed E-state index contributed by atoms with van der Waals surface area (Å²) >= 11 is 0. The smallest absolute Gasteiger partial charge is 0.224 e. The average molecular weight is 361 g/mol. The lowest BCUT2D eigenvalue weighted by molar-refractivity contribution is -0.116. The number of hydrogen-bond donors (Lipinski definition) is 1. The predicted molar refractivity (Wildman–Crippen MR) is 108 cm³/mol. The SMILES string of the molecule is COc1ccccc1Oc1ccc(NC(=O)CCc2ccc(C)cc2)cc1. The van der Waals surface area contributed by atoms with Crippen molar-refractivity contribution in [3.8, 4) is 17.2 Å². The molecule has 0 aliphatic rings. The van der Waals surface area contributed by atoms with E-state index >= 15 is 0 Å². The maximum atomic E-state index is 12.2. The highest BCUT2D eigenvalue weighted by atomic mass is 16.5. The van der Waals surface area contributed by atoms with Crippen molar-refractivity contribution in [3.63, 3.8) is 0 Å². The van der Waals surface area contributed by atoms with Crippen LogP contribution in [0.1, 0.15) is 17.5 Å². The summed E-state index contributed by atoms with van der Waals surface area (Å²) in [5.74, 6) is 1.99. The third-order valence-corrected chi connectivity index (χ3v) is 4.20. The molecule has 0 heterocycles. The Morgan fingerprint density at radius 1 is 0.889 bits per heavy atom. The first-order chi connectivity index (χ1) is 13.1. The largest absolute Gasteiger partial charge is 0.493 e. The van der Waals surface area contributed by atoms with Crippen molar-refractivity contribution in [2.45, 2.75) is 19.8 Å². The standard InChI is InChI=1S/C23H23NO3/c1-17-7-9-18(10-8-17)11-16-23(25)24-19-12-14-20(15-13-19)27-22-6-4-3-5-21(22)26-2/h3-10,12-15H,11,16H2,1-2H3,(H,24,25). The van der Waals surface area contributed by atoms with Crippen molar-refractivity contribution in [3.05, 3.63) is 83.9 Å². The number of aryl methyl sites for hydroxylation is 2. The van der Waals surface area contributed by atoms with E-state index in [9.17, 15) is 4.79 Å². The third kappa shape index (κ3) is 5.35. The minimum absolute atomic E-state index is 0.00558. The molecule has 0 fully saturated rings. The second-order valence-electron chi connectivity index (χ2n) is 6.31. The van der Waals surface area contributed by atoms with E-state index in [1.54, 1.807) is 7.11 Å². The molecule has 0 saturated heterocycles. The Kier molecular flexibility index (Phi) is 6.10. The van der Waals surface area contributed by atoms with Crippen molar-refractivity contribution >= 4 is 11.6 Å². The molecule has 0 aromatic heterocycles. The topological polar surface area (TPSA) is 47.6 Å². The molecule has 0 saturated carbocycles. The number of carbonyl (C=O) groups is 1. The molecule has 3 aromatic rings. The molecular weight excluding hydrogens is 338 g/mol. The van der Waals surface area contributed by atoms with E-state index in [2.05, 4.69) is 36.5 Å². The van der Waals surface area contributed by atoms with E-state index in [0.29, 0.717) is 23.7 Å². The van der Waals surface area contributed by atoms with Gasteiger partial charge in [-0.1, -0.05) is 42.0 Å². The first-order valence-electron chi connectivity index (χ1n) is 8.90. The summed E-state index contributed by atoms with van der Waals surface area (Å²) in [7, 11) is 1.61. The van der Waals surface area contributed by atoms with Crippen LogP contribution in [-0.4, -0.2) is 13.0 Å². The molecule has 0 aliphatic heterocycles. The van der Waals surface area contributed by atoms with Crippen LogP contribution in [0.3, 0.4) is 0 Å². The van der Waals surface area contributed by atoms with Gasteiger partial charge >= 0.3 is 0 Å². The number of nitrogens with one attached hydrogen (secondary N) is 1. The molecule has 0 bridgehead atoms. The molecule has 0 atom stereocenters. The Morgan fingerprint density at radius 2 is 1.56 bits per heavy atom. The number of para-hydroxylation sites is 2. The average Bonchev–Trinajstić information content (AvgIpc) is 2.69. The minimum atomic E-state index is -0.00558. The molecular formula is C23H23NO3. The molecule has 138 valence electrons. The Balaban J connectivity index is 1.54. The summed E-state index contributed by atoms with van der Waals surface area (Å²) in [6.45, 7) is 2.05. The lowest BCUT2D eigenvalue weighted by Gasteiger charge is -2.11. The van der Waals surface area contributed by atoms with Gasteiger partial charge in [-0.2, -0.15) is 0 Å². The summed E-state index contributed by atoms with van der Waals surface area (Å²) in [4.78, 5) is 12.2. The van der Waals surface area contributed by atoms with Crippen LogP contribution in [0, 0.1) is 6.92 Å². The van der Waals surface area contributed by atoms with Gasteiger partial charge in [-0.3, -0.25) is 4.79 Å². The molecule has 0 aliphatic carbocycles. The number of methoxy groups -OCH3 is 1. The molecule has 0 spiro atoms. The number of carbonyl (C=O) groups excluding carboxylic acids is 1. The van der Waals surface area contributed by atoms with Crippen molar-refractivity contribution in [2.75, 3.05) is 12.4 Å². The highest BCUT2D eigenvalue weighted by molar-refractivity contribution is 5.90. The van der Waals surface area contributed by atoms with Gasteiger partial charge in [0.15, 0.2) is 11.5 Å². The van der Waals surface area contributed by atoms with E-state index in [0.717, 1.165) is 17.7 Å². The summed E-state index contributed by atoms with van der Waals surface area (Å²) in [5.41, 5.74) is 3.13. The Hall–Kier alpha value is -3.27. The second kappa shape index (κ2) is 8.90. The monoisotopic (exact) mass is 361 g/mol. The van der Waals surface area contributed by atoms with Crippen LogP contribution in [0.4, 0.5) is 5.69 Å². The number of anilines is 1. The number of hydrogen-bond acceptors (Lipinski definition) is 3. The van der Waals surface area contributed by atoms with E-state index in [1.165, 1.54) is 5.56 Å².